The Labute approximate surface area is 199 Å². The summed E-state index contributed by atoms with van der Waals surface area (Å²) < 4.78 is 10.8. The second kappa shape index (κ2) is 8.24. The number of amides is 1. The van der Waals surface area contributed by atoms with Crippen molar-refractivity contribution >= 4 is 46.1 Å². The average molecular weight is 482 g/mol. The molecule has 0 aliphatic carbocycles. The van der Waals surface area contributed by atoms with Crippen molar-refractivity contribution in [3.05, 3.63) is 80.0 Å². The zero-order chi connectivity index (χ0) is 23.3. The van der Waals surface area contributed by atoms with Gasteiger partial charge < -0.3 is 14.6 Å². The van der Waals surface area contributed by atoms with Gasteiger partial charge in [0.05, 0.1) is 24.3 Å². The van der Waals surface area contributed by atoms with Crippen LogP contribution in [0.25, 0.3) is 5.76 Å². The topological polar surface area (TPSA) is 76.1 Å². The van der Waals surface area contributed by atoms with E-state index in [1.807, 2.05) is 24.4 Å². The molecule has 6 nitrogen and oxygen atoms in total. The van der Waals surface area contributed by atoms with Crippen LogP contribution in [0.2, 0.25) is 5.02 Å². The molecule has 1 N–H and O–H groups in total. The second-order valence-electron chi connectivity index (χ2n) is 7.88. The van der Waals surface area contributed by atoms with Crippen molar-refractivity contribution in [2.24, 2.45) is 0 Å². The highest BCUT2D eigenvalue weighted by molar-refractivity contribution is 7.10. The van der Waals surface area contributed by atoms with Gasteiger partial charge in [0.2, 0.25) is 0 Å². The molecule has 3 aromatic rings. The van der Waals surface area contributed by atoms with Crippen molar-refractivity contribution < 1.29 is 24.2 Å². The Bertz CT molecular complexity index is 1330. The summed E-state index contributed by atoms with van der Waals surface area (Å²) in [5.74, 6) is -0.441. The van der Waals surface area contributed by atoms with Gasteiger partial charge in [0, 0.05) is 22.5 Å². The molecule has 1 atom stereocenters. The van der Waals surface area contributed by atoms with E-state index in [1.165, 1.54) is 23.3 Å². The van der Waals surface area contributed by atoms with Crippen molar-refractivity contribution in [1.29, 1.82) is 0 Å². The zero-order valence-corrected chi connectivity index (χ0v) is 19.5. The van der Waals surface area contributed by atoms with Crippen LogP contribution in [-0.2, 0) is 16.0 Å². The molecule has 5 rings (SSSR count). The molecule has 1 fully saturated rings. The van der Waals surface area contributed by atoms with Gasteiger partial charge in [-0.1, -0.05) is 11.6 Å². The fourth-order valence-electron chi connectivity index (χ4n) is 4.31. The number of methoxy groups -OCH3 is 1. The summed E-state index contributed by atoms with van der Waals surface area (Å²) in [7, 11) is 1.50. The first kappa shape index (κ1) is 21.6. The number of thiophene rings is 1. The Balaban J connectivity index is 1.70. The van der Waals surface area contributed by atoms with Gasteiger partial charge in [0.25, 0.3) is 11.7 Å². The number of carbonyl (C=O) groups excluding carboxylic acids is 2. The van der Waals surface area contributed by atoms with Gasteiger partial charge >= 0.3 is 0 Å². The molecule has 2 aliphatic heterocycles. The average Bonchev–Trinajstić information content (AvgIpc) is 3.51. The molecule has 0 radical (unpaired) electrons. The lowest BCUT2D eigenvalue weighted by Gasteiger charge is -2.25. The fourth-order valence-corrected chi connectivity index (χ4v) is 5.58. The number of ketones is 1. The molecule has 0 bridgehead atoms. The number of aryl methyl sites for hydroxylation is 1. The number of anilines is 1. The Morgan fingerprint density at radius 1 is 1.21 bits per heavy atom. The number of nitrogens with zero attached hydrogens (tertiary/aromatic N) is 1. The number of fused-ring (bicyclic) bond motifs is 1. The number of halogens is 1. The summed E-state index contributed by atoms with van der Waals surface area (Å²) >= 11 is 7.75. The molecule has 1 saturated heterocycles. The number of carbonyl (C=O) groups is 2. The predicted octanol–water partition coefficient (Wildman–Crippen LogP) is 5.28. The van der Waals surface area contributed by atoms with E-state index in [-0.39, 0.29) is 11.3 Å². The molecule has 0 saturated carbocycles. The van der Waals surface area contributed by atoms with Gasteiger partial charge in [0.1, 0.15) is 23.3 Å². The molecule has 2 aliphatic rings. The lowest BCUT2D eigenvalue weighted by molar-refractivity contribution is -0.132. The number of benzene rings is 2. The molecular weight excluding hydrogens is 462 g/mol. The Kier molecular flexibility index (Phi) is 5.38. The van der Waals surface area contributed by atoms with Crippen molar-refractivity contribution in [2.75, 3.05) is 18.6 Å². The van der Waals surface area contributed by atoms with Gasteiger partial charge in [-0.3, -0.25) is 14.5 Å². The summed E-state index contributed by atoms with van der Waals surface area (Å²) in [6.45, 7) is 2.50. The van der Waals surface area contributed by atoms with Crippen LogP contribution in [0, 0.1) is 6.92 Å². The number of ether oxygens (including phenoxy) is 2. The maximum absolute atomic E-state index is 13.3. The molecule has 1 unspecified atom stereocenters. The van der Waals surface area contributed by atoms with Crippen molar-refractivity contribution in [1.82, 2.24) is 0 Å². The lowest BCUT2D eigenvalue weighted by atomic mass is 9.97. The standard InChI is InChI=1S/C25H20ClNO5S/c1-13-8-10-33-24(13)21-20(22(28)15-3-5-18-14(11-15)7-9-32-18)23(29)25(30)27(21)16-4-6-19(31-2)17(26)12-16/h3-6,8,10-12,21,28H,7,9H2,1-2H3/b22-20-. The van der Waals surface area contributed by atoms with Gasteiger partial charge in [-0.05, 0) is 65.9 Å². The smallest absolute Gasteiger partial charge is 0.300 e. The predicted molar refractivity (Wildman–Crippen MR) is 127 cm³/mol. The first-order valence-electron chi connectivity index (χ1n) is 10.4. The van der Waals surface area contributed by atoms with Crippen LogP contribution in [-0.4, -0.2) is 30.5 Å². The Hall–Kier alpha value is -3.29. The minimum Gasteiger partial charge on any atom is -0.507 e. The van der Waals surface area contributed by atoms with Crippen molar-refractivity contribution in [2.45, 2.75) is 19.4 Å². The molecule has 33 heavy (non-hydrogen) atoms. The van der Waals surface area contributed by atoms with Crippen LogP contribution in [0.4, 0.5) is 5.69 Å². The third-order valence-corrected chi connectivity index (χ3v) is 7.34. The van der Waals surface area contributed by atoms with E-state index >= 15 is 0 Å². The van der Waals surface area contributed by atoms with Gasteiger partial charge in [-0.2, -0.15) is 0 Å². The highest BCUT2D eigenvalue weighted by atomic mass is 35.5. The van der Waals surface area contributed by atoms with Crippen molar-refractivity contribution in [3.63, 3.8) is 0 Å². The van der Waals surface area contributed by atoms with Crippen LogP contribution >= 0.6 is 22.9 Å². The maximum atomic E-state index is 13.3. The van der Waals surface area contributed by atoms with Crippen LogP contribution < -0.4 is 14.4 Å². The summed E-state index contributed by atoms with van der Waals surface area (Å²) in [6, 6.07) is 11.4. The summed E-state index contributed by atoms with van der Waals surface area (Å²) in [5, 5.41) is 13.5. The SMILES string of the molecule is COc1ccc(N2C(=O)C(=O)/C(=C(\O)c3ccc4c(c3)CCO4)C2c2sccc2C)cc1Cl. The number of aliphatic hydroxyl groups excluding tert-OH is 1. The van der Waals surface area contributed by atoms with Gasteiger partial charge in [-0.15, -0.1) is 11.3 Å². The third kappa shape index (κ3) is 3.48. The summed E-state index contributed by atoms with van der Waals surface area (Å²) in [6.07, 6.45) is 0.725. The highest BCUT2D eigenvalue weighted by Gasteiger charge is 2.48. The molecule has 0 spiro atoms. The Morgan fingerprint density at radius 3 is 2.73 bits per heavy atom. The van der Waals surface area contributed by atoms with Crippen LogP contribution in [0.1, 0.15) is 27.6 Å². The van der Waals surface area contributed by atoms with Gasteiger partial charge in [0.15, 0.2) is 0 Å². The summed E-state index contributed by atoms with van der Waals surface area (Å²) in [5.41, 5.74) is 2.85. The van der Waals surface area contributed by atoms with E-state index in [1.54, 1.807) is 30.3 Å². The molecule has 8 heteroatoms. The number of aliphatic hydroxyl groups is 1. The molecule has 1 aromatic heterocycles. The number of Topliss-reactive ketones (excluding diaryl/α,β-unsaturated/α-hetero) is 1. The fraction of sp³-hybridized carbons (Fsp3) is 0.200. The molecule has 168 valence electrons. The summed E-state index contributed by atoms with van der Waals surface area (Å²) in [4.78, 5) is 28.7. The Morgan fingerprint density at radius 2 is 2.03 bits per heavy atom. The van der Waals surface area contributed by atoms with E-state index in [9.17, 15) is 14.7 Å². The normalized spacial score (nSPS) is 19.0. The quantitative estimate of drug-likeness (QED) is 0.312. The first-order valence-corrected chi connectivity index (χ1v) is 11.6. The first-order chi connectivity index (χ1) is 15.9. The van der Waals surface area contributed by atoms with Gasteiger partial charge in [-0.25, -0.2) is 0 Å². The zero-order valence-electron chi connectivity index (χ0n) is 17.9. The lowest BCUT2D eigenvalue weighted by Crippen LogP contribution is -2.29. The minimum atomic E-state index is -0.779. The van der Waals surface area contributed by atoms with Crippen molar-refractivity contribution in [3.8, 4) is 11.5 Å². The van der Waals surface area contributed by atoms with Crippen LogP contribution in [0.5, 0.6) is 11.5 Å². The molecule has 2 aromatic carbocycles. The molecule has 1 amide bonds. The highest BCUT2D eigenvalue weighted by Crippen LogP contribution is 2.46. The van der Waals surface area contributed by atoms with Crippen LogP contribution in [0.3, 0.4) is 0 Å². The monoisotopic (exact) mass is 481 g/mol. The van der Waals surface area contributed by atoms with E-state index in [4.69, 9.17) is 21.1 Å². The minimum absolute atomic E-state index is 0.0522. The number of rotatable bonds is 4. The van der Waals surface area contributed by atoms with Crippen LogP contribution in [0.15, 0.2) is 53.4 Å². The second-order valence-corrected chi connectivity index (χ2v) is 9.23. The largest absolute Gasteiger partial charge is 0.507 e. The number of hydrogen-bond donors (Lipinski definition) is 1. The maximum Gasteiger partial charge on any atom is 0.300 e. The van der Waals surface area contributed by atoms with E-state index in [0.29, 0.717) is 28.6 Å². The van der Waals surface area contributed by atoms with E-state index in [0.717, 1.165) is 28.2 Å². The molecule has 3 heterocycles. The van der Waals surface area contributed by atoms with E-state index < -0.39 is 17.7 Å². The molecular formula is C25H20ClNO5S. The van der Waals surface area contributed by atoms with E-state index in [2.05, 4.69) is 0 Å². The third-order valence-electron chi connectivity index (χ3n) is 5.97. The number of hydrogen-bond acceptors (Lipinski definition) is 6.